The standard InChI is InChI=1S/C54H76N18O6.ClH/c1-4-26-76-28-30-78-31-29-77-27-17-58-52-60-53(69-22-18-67(19-23-69)50(74)48(11-7-8-16-55)71-36-46(63-65-71)43(56)32-38(2)3)62-54(61-52)70-24-20-68(21-25-70)51(75)49(35-41-34-40-9-5-6-10-45(40)59-41)72-37-47(64-66-72)44(57)33-39-12-14-42(73)15-13-39;/h1,5-6,9-10,12-15,34,36-38,43-44,48-49,59,73H,7-8,11,16-33,35,55-57H2,2-3H3,(H,58,60,61,62);1H/t43-,44-,48-,49-;/m0./s1. The Bertz CT molecular complexity index is 2830. The summed E-state index contributed by atoms with van der Waals surface area (Å²) in [7, 11) is 0. The number of amides is 2. The van der Waals surface area contributed by atoms with Gasteiger partial charge in [0.15, 0.2) is 0 Å². The fraction of sp³-hybridized carbons (Fsp3) is 0.537. The lowest BCUT2D eigenvalue weighted by Crippen LogP contribution is -2.52. The number of benzene rings is 2. The summed E-state index contributed by atoms with van der Waals surface area (Å²) in [5, 5.41) is 31.9. The normalized spacial score (nSPS) is 15.5. The molecule has 2 aliphatic heterocycles. The third-order valence-corrected chi connectivity index (χ3v) is 13.9. The van der Waals surface area contributed by atoms with E-state index in [-0.39, 0.29) is 42.6 Å². The molecule has 6 aromatic rings. The molecule has 4 aromatic heterocycles. The van der Waals surface area contributed by atoms with Gasteiger partial charge in [-0.25, -0.2) is 9.36 Å². The molecule has 0 bridgehead atoms. The number of fused-ring (bicyclic) bond motifs is 1. The number of rotatable bonds is 29. The van der Waals surface area contributed by atoms with Gasteiger partial charge in [0.05, 0.1) is 68.9 Å². The number of phenolic OH excluding ortho intramolecular Hbond substituents is 1. The van der Waals surface area contributed by atoms with E-state index < -0.39 is 18.1 Å². The van der Waals surface area contributed by atoms with E-state index in [1.807, 2.05) is 52.4 Å². The first kappa shape index (κ1) is 59.7. The van der Waals surface area contributed by atoms with Crippen molar-refractivity contribution < 1.29 is 28.9 Å². The maximum Gasteiger partial charge on any atom is 0.248 e. The maximum atomic E-state index is 14.8. The van der Waals surface area contributed by atoms with Gasteiger partial charge in [-0.3, -0.25) is 9.59 Å². The van der Waals surface area contributed by atoms with Crippen LogP contribution in [0.15, 0.2) is 67.0 Å². The monoisotopic (exact) mass is 1110 g/mol. The van der Waals surface area contributed by atoms with Crippen LogP contribution < -0.4 is 32.3 Å². The number of unbranched alkanes of at least 4 members (excludes halogenated alkanes) is 1. The lowest BCUT2D eigenvalue weighted by molar-refractivity contribution is -0.136. The number of terminal acetylenes is 1. The molecule has 0 unspecified atom stereocenters. The third kappa shape index (κ3) is 16.8. The minimum absolute atomic E-state index is 0. The number of aromatic nitrogens is 10. The summed E-state index contributed by atoms with van der Waals surface area (Å²) in [5.41, 5.74) is 23.0. The fourth-order valence-corrected chi connectivity index (χ4v) is 9.64. The van der Waals surface area contributed by atoms with Gasteiger partial charge < -0.3 is 66.4 Å². The highest BCUT2D eigenvalue weighted by Gasteiger charge is 2.34. The average Bonchev–Trinajstić information content (AvgIpc) is 4.32. The Labute approximate surface area is 467 Å². The Morgan fingerprint density at radius 2 is 1.33 bits per heavy atom. The summed E-state index contributed by atoms with van der Waals surface area (Å²) in [6, 6.07) is 14.9. The van der Waals surface area contributed by atoms with Crippen LogP contribution in [0.25, 0.3) is 10.9 Å². The summed E-state index contributed by atoms with van der Waals surface area (Å²) < 4.78 is 19.9. The van der Waals surface area contributed by atoms with E-state index in [2.05, 4.69) is 66.6 Å². The largest absolute Gasteiger partial charge is 0.508 e. The molecule has 0 aliphatic carbocycles. The predicted octanol–water partition coefficient (Wildman–Crippen LogP) is 3.20. The summed E-state index contributed by atoms with van der Waals surface area (Å²) >= 11 is 0. The molecule has 2 aliphatic rings. The van der Waals surface area contributed by atoms with Gasteiger partial charge in [-0.1, -0.05) is 60.5 Å². The van der Waals surface area contributed by atoms with Crippen LogP contribution in [0.3, 0.4) is 0 Å². The Hall–Kier alpha value is -6.98. The number of para-hydroxylation sites is 1. The molecule has 2 aromatic carbocycles. The van der Waals surface area contributed by atoms with E-state index in [9.17, 15) is 14.7 Å². The van der Waals surface area contributed by atoms with Crippen molar-refractivity contribution in [2.75, 3.05) is 120 Å². The molecule has 2 fully saturated rings. The second-order valence-electron chi connectivity index (χ2n) is 20.2. The van der Waals surface area contributed by atoms with Crippen LogP contribution in [0.1, 0.15) is 86.3 Å². The van der Waals surface area contributed by atoms with Crippen molar-refractivity contribution in [1.29, 1.82) is 0 Å². The van der Waals surface area contributed by atoms with Crippen molar-refractivity contribution in [3.8, 4) is 18.1 Å². The zero-order valence-corrected chi connectivity index (χ0v) is 46.1. The summed E-state index contributed by atoms with van der Waals surface area (Å²) in [6.07, 6.45) is 12.5. The Kier molecular flexibility index (Phi) is 22.5. The number of hydrogen-bond donors (Lipinski definition) is 6. The minimum atomic E-state index is -0.721. The van der Waals surface area contributed by atoms with Crippen LogP contribution in [0, 0.1) is 18.3 Å². The SMILES string of the molecule is C#CCOCCOCCOCCNc1nc(N2CCN(C(=O)[C@H](CCCCN)n3cc([C@@H](N)CC(C)C)nn3)CC2)nc(N2CCN(C(=O)[C@H](Cc3cc4ccccc4[nH]3)n3cc([C@@H](N)Cc4ccc(O)cc4)nn3)CC2)n1.Cl. The van der Waals surface area contributed by atoms with Crippen LogP contribution >= 0.6 is 12.4 Å². The molecule has 0 radical (unpaired) electrons. The van der Waals surface area contributed by atoms with Gasteiger partial charge in [-0.05, 0) is 79.8 Å². The molecular formula is C54H77ClN18O6. The first-order chi connectivity index (χ1) is 38.0. The third-order valence-electron chi connectivity index (χ3n) is 13.9. The van der Waals surface area contributed by atoms with Crippen molar-refractivity contribution in [2.45, 2.75) is 76.5 Å². The van der Waals surface area contributed by atoms with Crippen LogP contribution in [-0.2, 0) is 36.6 Å². The number of H-pyrrole nitrogens is 1. The van der Waals surface area contributed by atoms with Crippen molar-refractivity contribution >= 4 is 53.0 Å². The summed E-state index contributed by atoms with van der Waals surface area (Å²) in [4.78, 5) is 55.3. The number of halogens is 1. The zero-order valence-electron chi connectivity index (χ0n) is 45.3. The Morgan fingerprint density at radius 3 is 1.94 bits per heavy atom. The van der Waals surface area contributed by atoms with Crippen molar-refractivity contribution in [3.63, 3.8) is 0 Å². The molecule has 24 nitrogen and oxygen atoms in total. The summed E-state index contributed by atoms with van der Waals surface area (Å²) in [5.74, 6) is 4.17. The van der Waals surface area contributed by atoms with E-state index in [1.165, 1.54) is 0 Å². The number of carbonyl (C=O) groups excluding carboxylic acids is 2. The zero-order chi connectivity index (χ0) is 54.8. The van der Waals surface area contributed by atoms with Gasteiger partial charge in [-0.2, -0.15) is 15.0 Å². The quantitative estimate of drug-likeness (QED) is 0.0290. The van der Waals surface area contributed by atoms with Gasteiger partial charge in [-0.15, -0.1) is 29.0 Å². The molecule has 426 valence electrons. The van der Waals surface area contributed by atoms with E-state index >= 15 is 0 Å². The topological polar surface area (TPSA) is 301 Å². The van der Waals surface area contributed by atoms with Gasteiger partial charge in [0.1, 0.15) is 24.4 Å². The van der Waals surface area contributed by atoms with E-state index in [0.717, 1.165) is 41.4 Å². The maximum absolute atomic E-state index is 14.8. The first-order valence-electron chi connectivity index (χ1n) is 27.1. The number of phenols is 1. The van der Waals surface area contributed by atoms with Crippen LogP contribution in [0.4, 0.5) is 17.8 Å². The van der Waals surface area contributed by atoms with E-state index in [4.69, 9.17) is 52.8 Å². The molecule has 0 spiro atoms. The number of nitrogens with two attached hydrogens (primary N) is 3. The van der Waals surface area contributed by atoms with E-state index in [1.54, 1.807) is 27.7 Å². The first-order valence-corrected chi connectivity index (χ1v) is 27.1. The molecule has 2 saturated heterocycles. The van der Waals surface area contributed by atoms with Gasteiger partial charge in [0, 0.05) is 76.5 Å². The predicted molar refractivity (Wildman–Crippen MR) is 303 cm³/mol. The van der Waals surface area contributed by atoms with Crippen molar-refractivity contribution in [2.24, 2.45) is 23.1 Å². The minimum Gasteiger partial charge on any atom is -0.508 e. The molecule has 6 heterocycles. The van der Waals surface area contributed by atoms with Crippen molar-refractivity contribution in [3.05, 3.63) is 89.6 Å². The molecule has 9 N–H and O–H groups in total. The van der Waals surface area contributed by atoms with Gasteiger partial charge >= 0.3 is 0 Å². The average molecular weight is 1110 g/mol. The molecule has 0 saturated carbocycles. The number of nitrogens with one attached hydrogen (secondary N) is 2. The lowest BCUT2D eigenvalue weighted by atomic mass is 10.0. The molecule has 4 atom stereocenters. The van der Waals surface area contributed by atoms with E-state index in [0.29, 0.717) is 153 Å². The smallest absolute Gasteiger partial charge is 0.248 e. The highest BCUT2D eigenvalue weighted by molar-refractivity contribution is 5.85. The van der Waals surface area contributed by atoms with Crippen LogP contribution in [-0.4, -0.2) is 182 Å². The van der Waals surface area contributed by atoms with Crippen LogP contribution in [0.2, 0.25) is 0 Å². The molecule has 25 heteroatoms. The number of aromatic amines is 1. The number of ether oxygens (including phenoxy) is 3. The Balaban J connectivity index is 0.00000903. The van der Waals surface area contributed by atoms with Crippen molar-refractivity contribution in [1.82, 2.24) is 59.7 Å². The van der Waals surface area contributed by atoms with Gasteiger partial charge in [0.2, 0.25) is 29.7 Å². The number of aromatic hydroxyl groups is 1. The fourth-order valence-electron chi connectivity index (χ4n) is 9.64. The van der Waals surface area contributed by atoms with Crippen LogP contribution in [0.5, 0.6) is 5.75 Å². The molecule has 79 heavy (non-hydrogen) atoms. The number of hydrogen-bond acceptors (Lipinski definition) is 19. The van der Waals surface area contributed by atoms with Gasteiger partial charge in [0.25, 0.3) is 0 Å². The molecule has 2 amide bonds. The summed E-state index contributed by atoms with van der Waals surface area (Å²) in [6.45, 7) is 10.9. The highest BCUT2D eigenvalue weighted by atomic mass is 35.5. The Morgan fingerprint density at radius 1 is 0.747 bits per heavy atom. The second-order valence-corrected chi connectivity index (χ2v) is 20.2. The highest BCUT2D eigenvalue weighted by Crippen LogP contribution is 2.27. The second kappa shape index (κ2) is 29.8. The number of piperazine rings is 2. The molecular weight excluding hydrogens is 1030 g/mol. The molecule has 8 rings (SSSR count). The number of carbonyl (C=O) groups is 2. The number of anilines is 3. The lowest BCUT2D eigenvalue weighted by Gasteiger charge is -2.38. The number of nitrogens with zero attached hydrogens (tertiary/aromatic N) is 13.